The number of hydrogen-bond acceptors (Lipinski definition) is 2. The third-order valence-corrected chi connectivity index (χ3v) is 3.90. The first-order chi connectivity index (χ1) is 8.49. The molecule has 0 saturated carbocycles. The number of carbonyl (C=O) groups is 1. The average Bonchev–Trinajstić information content (AvgIpc) is 2.32. The molecule has 18 heavy (non-hydrogen) atoms. The molecular formula is C13H17BrClNO2. The van der Waals surface area contributed by atoms with Crippen molar-refractivity contribution in [2.75, 3.05) is 13.1 Å². The third-order valence-electron chi connectivity index (χ3n) is 2.94. The number of aliphatic carboxylic acids is 1. The molecule has 0 aliphatic rings. The van der Waals surface area contributed by atoms with Crippen molar-refractivity contribution >= 4 is 33.5 Å². The quantitative estimate of drug-likeness (QED) is 0.856. The van der Waals surface area contributed by atoms with Crippen molar-refractivity contribution in [1.82, 2.24) is 4.90 Å². The second-order valence-corrected chi connectivity index (χ2v) is 5.29. The summed E-state index contributed by atoms with van der Waals surface area (Å²) in [5.74, 6) is -0.807. The minimum absolute atomic E-state index is 0.0701. The van der Waals surface area contributed by atoms with Crippen molar-refractivity contribution in [1.29, 1.82) is 0 Å². The zero-order chi connectivity index (χ0) is 13.7. The normalized spacial score (nSPS) is 12.7. The fourth-order valence-electron chi connectivity index (χ4n) is 2.04. The first-order valence-electron chi connectivity index (χ1n) is 5.90. The van der Waals surface area contributed by atoms with Crippen molar-refractivity contribution in [2.45, 2.75) is 26.3 Å². The maximum Gasteiger partial charge on any atom is 0.305 e. The molecule has 1 unspecified atom stereocenters. The predicted octanol–water partition coefficient (Wildman–Crippen LogP) is 3.96. The second-order valence-electron chi connectivity index (χ2n) is 4.00. The summed E-state index contributed by atoms with van der Waals surface area (Å²) in [4.78, 5) is 13.2. The summed E-state index contributed by atoms with van der Waals surface area (Å²) in [5.41, 5.74) is 0.925. The SMILES string of the molecule is CCN(CC)C(CC(=O)O)c1cc(Cl)ccc1Br. The van der Waals surface area contributed by atoms with Gasteiger partial charge in [-0.3, -0.25) is 9.69 Å². The topological polar surface area (TPSA) is 40.5 Å². The monoisotopic (exact) mass is 333 g/mol. The number of benzene rings is 1. The van der Waals surface area contributed by atoms with Gasteiger partial charge >= 0.3 is 5.97 Å². The molecule has 0 bridgehead atoms. The molecule has 3 nitrogen and oxygen atoms in total. The Morgan fingerprint density at radius 2 is 2.06 bits per heavy atom. The Bertz CT molecular complexity index is 421. The second kappa shape index (κ2) is 7.12. The summed E-state index contributed by atoms with van der Waals surface area (Å²) >= 11 is 9.47. The Balaban J connectivity index is 3.15. The molecule has 1 aromatic rings. The van der Waals surface area contributed by atoms with Gasteiger partial charge in [0, 0.05) is 15.5 Å². The molecule has 0 aliphatic heterocycles. The first-order valence-corrected chi connectivity index (χ1v) is 7.07. The van der Waals surface area contributed by atoms with Crippen LogP contribution in [0.3, 0.4) is 0 Å². The number of carboxylic acids is 1. The lowest BCUT2D eigenvalue weighted by Crippen LogP contribution is -2.30. The van der Waals surface area contributed by atoms with E-state index in [-0.39, 0.29) is 12.5 Å². The summed E-state index contributed by atoms with van der Waals surface area (Å²) in [7, 11) is 0. The van der Waals surface area contributed by atoms with Crippen LogP contribution in [0.2, 0.25) is 5.02 Å². The Labute approximate surface area is 121 Å². The van der Waals surface area contributed by atoms with Crippen LogP contribution in [-0.2, 0) is 4.79 Å². The molecule has 0 aliphatic carbocycles. The van der Waals surface area contributed by atoms with Gasteiger partial charge in [0.2, 0.25) is 0 Å². The van der Waals surface area contributed by atoms with Crippen molar-refractivity contribution in [2.24, 2.45) is 0 Å². The summed E-state index contributed by atoms with van der Waals surface area (Å²) < 4.78 is 0.894. The minimum Gasteiger partial charge on any atom is -0.481 e. The van der Waals surface area contributed by atoms with Crippen LogP contribution < -0.4 is 0 Å². The van der Waals surface area contributed by atoms with Crippen LogP contribution in [-0.4, -0.2) is 29.1 Å². The summed E-state index contributed by atoms with van der Waals surface area (Å²) in [6.45, 7) is 5.65. The van der Waals surface area contributed by atoms with Gasteiger partial charge in [0.25, 0.3) is 0 Å². The van der Waals surface area contributed by atoms with Crippen molar-refractivity contribution < 1.29 is 9.90 Å². The summed E-state index contributed by atoms with van der Waals surface area (Å²) in [6.07, 6.45) is 0.0701. The number of rotatable bonds is 6. The molecule has 0 aromatic heterocycles. The minimum atomic E-state index is -0.807. The van der Waals surface area contributed by atoms with Gasteiger partial charge in [-0.1, -0.05) is 41.4 Å². The van der Waals surface area contributed by atoms with Gasteiger partial charge in [-0.15, -0.1) is 0 Å². The zero-order valence-corrected chi connectivity index (χ0v) is 12.8. The molecule has 1 aromatic carbocycles. The summed E-state index contributed by atoms with van der Waals surface area (Å²) in [5, 5.41) is 9.69. The molecule has 0 fully saturated rings. The van der Waals surface area contributed by atoms with Crippen molar-refractivity contribution in [3.05, 3.63) is 33.3 Å². The highest BCUT2D eigenvalue weighted by Crippen LogP contribution is 2.32. The molecule has 100 valence electrons. The van der Waals surface area contributed by atoms with Crippen LogP contribution in [0.4, 0.5) is 0 Å². The average molecular weight is 335 g/mol. The van der Waals surface area contributed by atoms with Gasteiger partial charge in [0.05, 0.1) is 6.42 Å². The van der Waals surface area contributed by atoms with Gasteiger partial charge < -0.3 is 5.11 Å². The highest BCUT2D eigenvalue weighted by atomic mass is 79.9. The van der Waals surface area contributed by atoms with E-state index in [0.29, 0.717) is 5.02 Å². The highest BCUT2D eigenvalue weighted by molar-refractivity contribution is 9.10. The molecule has 0 amide bonds. The Morgan fingerprint density at radius 3 is 2.56 bits per heavy atom. The molecule has 0 saturated heterocycles. The molecule has 1 atom stereocenters. The maximum atomic E-state index is 11.0. The third kappa shape index (κ3) is 3.97. The van der Waals surface area contributed by atoms with E-state index in [0.717, 1.165) is 23.1 Å². The Hall–Kier alpha value is -0.580. The van der Waals surface area contributed by atoms with Gasteiger partial charge in [-0.2, -0.15) is 0 Å². The predicted molar refractivity (Wildman–Crippen MR) is 77.1 cm³/mol. The fourth-order valence-corrected chi connectivity index (χ4v) is 2.73. The lowest BCUT2D eigenvalue weighted by molar-refractivity contribution is -0.138. The molecule has 5 heteroatoms. The molecule has 0 heterocycles. The van der Waals surface area contributed by atoms with E-state index in [4.69, 9.17) is 16.7 Å². The zero-order valence-electron chi connectivity index (χ0n) is 10.5. The molecular weight excluding hydrogens is 318 g/mol. The molecule has 1 rings (SSSR count). The molecule has 0 spiro atoms. The van der Waals surface area contributed by atoms with E-state index >= 15 is 0 Å². The van der Waals surface area contributed by atoms with Crippen LogP contribution >= 0.6 is 27.5 Å². The smallest absolute Gasteiger partial charge is 0.305 e. The number of halogens is 2. The van der Waals surface area contributed by atoms with E-state index in [1.165, 1.54) is 0 Å². The van der Waals surface area contributed by atoms with E-state index in [1.807, 2.05) is 26.0 Å². The van der Waals surface area contributed by atoms with Crippen molar-refractivity contribution in [3.8, 4) is 0 Å². The number of hydrogen-bond donors (Lipinski definition) is 1. The standard InChI is InChI=1S/C13H17BrClNO2/c1-3-16(4-2)12(8-13(17)18)10-7-9(15)5-6-11(10)14/h5-7,12H,3-4,8H2,1-2H3,(H,17,18). The van der Waals surface area contributed by atoms with Crippen LogP contribution in [0.15, 0.2) is 22.7 Å². The van der Waals surface area contributed by atoms with Gasteiger partial charge in [0.1, 0.15) is 0 Å². The van der Waals surface area contributed by atoms with Crippen molar-refractivity contribution in [3.63, 3.8) is 0 Å². The van der Waals surface area contributed by atoms with Gasteiger partial charge in [-0.25, -0.2) is 0 Å². The lowest BCUT2D eigenvalue weighted by atomic mass is 10.0. The largest absolute Gasteiger partial charge is 0.481 e. The van der Waals surface area contributed by atoms with Crippen LogP contribution in [0.25, 0.3) is 0 Å². The Morgan fingerprint density at radius 1 is 1.44 bits per heavy atom. The Kier molecular flexibility index (Phi) is 6.12. The van der Waals surface area contributed by atoms with E-state index < -0.39 is 5.97 Å². The van der Waals surface area contributed by atoms with Crippen LogP contribution in [0.1, 0.15) is 31.9 Å². The summed E-state index contributed by atoms with van der Waals surface area (Å²) in [6, 6.07) is 5.31. The number of carboxylic acid groups (broad SMARTS) is 1. The molecule has 0 radical (unpaired) electrons. The van der Waals surface area contributed by atoms with Gasteiger partial charge in [0.15, 0.2) is 0 Å². The number of nitrogens with zero attached hydrogens (tertiary/aromatic N) is 1. The maximum absolute atomic E-state index is 11.0. The van der Waals surface area contributed by atoms with E-state index in [9.17, 15) is 4.79 Å². The first kappa shape index (κ1) is 15.5. The van der Waals surface area contributed by atoms with Crippen LogP contribution in [0, 0.1) is 0 Å². The van der Waals surface area contributed by atoms with E-state index in [1.54, 1.807) is 6.07 Å². The highest BCUT2D eigenvalue weighted by Gasteiger charge is 2.23. The van der Waals surface area contributed by atoms with Gasteiger partial charge in [-0.05, 0) is 36.9 Å². The fraction of sp³-hybridized carbons (Fsp3) is 0.462. The van der Waals surface area contributed by atoms with E-state index in [2.05, 4.69) is 20.8 Å². The lowest BCUT2D eigenvalue weighted by Gasteiger charge is -2.29. The molecule has 1 N–H and O–H groups in total. The van der Waals surface area contributed by atoms with Crippen LogP contribution in [0.5, 0.6) is 0 Å².